The van der Waals surface area contributed by atoms with Crippen LogP contribution < -0.4 is 4.90 Å². The number of nitrogens with zero attached hydrogens (tertiary/aromatic N) is 4. The van der Waals surface area contributed by atoms with E-state index in [9.17, 15) is 23.8 Å². The zero-order chi connectivity index (χ0) is 16.6. The van der Waals surface area contributed by atoms with Crippen LogP contribution in [0.4, 0.5) is 11.4 Å². The Morgan fingerprint density at radius 2 is 2.09 bits per heavy atom. The number of fused-ring (bicyclic) bond motifs is 1. The number of hydrogen-bond donors (Lipinski definition) is 0. The van der Waals surface area contributed by atoms with Crippen LogP contribution in [0.5, 0.6) is 0 Å². The van der Waals surface area contributed by atoms with E-state index in [1.165, 1.54) is 12.1 Å². The molecule has 0 unspecified atom stereocenters. The zero-order valence-corrected chi connectivity index (χ0v) is 13.2. The highest BCUT2D eigenvalue weighted by atomic mass is 32.2. The summed E-state index contributed by atoms with van der Waals surface area (Å²) in [5.41, 5.74) is 0.746. The minimum Gasteiger partial charge on any atom is -0.368 e. The molecule has 0 amide bonds. The van der Waals surface area contributed by atoms with E-state index in [-0.39, 0.29) is 28.8 Å². The largest absolute Gasteiger partial charge is 0.368 e. The Bertz CT molecular complexity index is 786. The third-order valence-corrected chi connectivity index (χ3v) is 6.09. The summed E-state index contributed by atoms with van der Waals surface area (Å²) in [7, 11) is -3.02. The second-order valence-electron chi connectivity index (χ2n) is 5.82. The van der Waals surface area contributed by atoms with Crippen molar-refractivity contribution in [2.75, 3.05) is 42.6 Å². The number of anilines is 1. The standard InChI is InChI=1S/C14H16N4O4S/c15-8-11-7-12(18(19)20)1-2-14(11)17-4-3-16-5-6-23(21,22)10-13(16)9-17/h1-2,7,13H,3-6,9-10H2/t13-/m1/s1. The Morgan fingerprint density at radius 1 is 1.30 bits per heavy atom. The molecule has 122 valence electrons. The first kappa shape index (κ1) is 15.7. The Morgan fingerprint density at radius 3 is 2.78 bits per heavy atom. The van der Waals surface area contributed by atoms with Crippen molar-refractivity contribution in [2.24, 2.45) is 0 Å². The van der Waals surface area contributed by atoms with Crippen molar-refractivity contribution in [3.63, 3.8) is 0 Å². The molecule has 9 heteroatoms. The van der Waals surface area contributed by atoms with Crippen molar-refractivity contribution >= 4 is 21.2 Å². The maximum Gasteiger partial charge on any atom is 0.270 e. The fourth-order valence-corrected chi connectivity index (χ4v) is 4.78. The van der Waals surface area contributed by atoms with E-state index in [1.807, 2.05) is 11.0 Å². The number of nitro groups is 1. The van der Waals surface area contributed by atoms with Gasteiger partial charge in [0.25, 0.3) is 5.69 Å². The summed E-state index contributed by atoms with van der Waals surface area (Å²) in [6.07, 6.45) is 0. The number of non-ortho nitro benzene ring substituents is 1. The fraction of sp³-hybridized carbons (Fsp3) is 0.500. The molecule has 0 N–H and O–H groups in total. The van der Waals surface area contributed by atoms with Crippen molar-refractivity contribution in [1.82, 2.24) is 4.90 Å². The molecule has 2 heterocycles. The Balaban J connectivity index is 1.85. The molecule has 2 saturated heterocycles. The third kappa shape index (κ3) is 3.13. The first-order chi connectivity index (χ1) is 10.9. The molecule has 23 heavy (non-hydrogen) atoms. The van der Waals surface area contributed by atoms with Crippen LogP contribution in [0.1, 0.15) is 5.56 Å². The lowest BCUT2D eigenvalue weighted by atomic mass is 10.1. The quantitative estimate of drug-likeness (QED) is 0.567. The van der Waals surface area contributed by atoms with Crippen LogP contribution in [0.25, 0.3) is 0 Å². The van der Waals surface area contributed by atoms with Gasteiger partial charge in [0.15, 0.2) is 9.84 Å². The summed E-state index contributed by atoms with van der Waals surface area (Å²) < 4.78 is 23.6. The van der Waals surface area contributed by atoms with Gasteiger partial charge >= 0.3 is 0 Å². The van der Waals surface area contributed by atoms with E-state index in [1.54, 1.807) is 6.07 Å². The molecule has 0 saturated carbocycles. The molecule has 2 fully saturated rings. The summed E-state index contributed by atoms with van der Waals surface area (Å²) in [6.45, 7) is 2.45. The first-order valence-corrected chi connectivity index (χ1v) is 9.10. The van der Waals surface area contributed by atoms with Crippen LogP contribution in [-0.4, -0.2) is 62.0 Å². The van der Waals surface area contributed by atoms with Gasteiger partial charge in [-0.1, -0.05) is 0 Å². The van der Waals surface area contributed by atoms with Crippen LogP contribution in [0, 0.1) is 21.4 Å². The molecule has 0 aliphatic carbocycles. The highest BCUT2D eigenvalue weighted by molar-refractivity contribution is 7.91. The summed E-state index contributed by atoms with van der Waals surface area (Å²) in [6, 6.07) is 6.12. The van der Waals surface area contributed by atoms with Gasteiger partial charge in [0.1, 0.15) is 6.07 Å². The average Bonchev–Trinajstić information content (AvgIpc) is 2.52. The molecular weight excluding hydrogens is 320 g/mol. The minimum atomic E-state index is -3.02. The van der Waals surface area contributed by atoms with Crippen LogP contribution in [0.3, 0.4) is 0 Å². The van der Waals surface area contributed by atoms with Gasteiger partial charge in [0.2, 0.25) is 0 Å². The number of benzene rings is 1. The van der Waals surface area contributed by atoms with Gasteiger partial charge in [-0.2, -0.15) is 5.26 Å². The number of rotatable bonds is 2. The number of sulfone groups is 1. The first-order valence-electron chi connectivity index (χ1n) is 7.27. The summed E-state index contributed by atoms with van der Waals surface area (Å²) >= 11 is 0. The van der Waals surface area contributed by atoms with Gasteiger partial charge < -0.3 is 4.90 Å². The maximum atomic E-state index is 11.8. The van der Waals surface area contributed by atoms with E-state index >= 15 is 0 Å². The van der Waals surface area contributed by atoms with Gasteiger partial charge in [-0.25, -0.2) is 8.42 Å². The van der Waals surface area contributed by atoms with Gasteiger partial charge in [-0.05, 0) is 6.07 Å². The van der Waals surface area contributed by atoms with Crippen LogP contribution >= 0.6 is 0 Å². The Labute approximate surface area is 134 Å². The molecule has 0 spiro atoms. The normalized spacial score (nSPS) is 23.8. The van der Waals surface area contributed by atoms with Gasteiger partial charge in [-0.3, -0.25) is 15.0 Å². The predicted molar refractivity (Wildman–Crippen MR) is 84.0 cm³/mol. The average molecular weight is 336 g/mol. The SMILES string of the molecule is N#Cc1cc([N+](=O)[O-])ccc1N1CCN2CCS(=O)(=O)C[C@H]2C1. The molecule has 0 bridgehead atoms. The molecule has 0 aromatic heterocycles. The molecule has 2 aliphatic rings. The van der Waals surface area contributed by atoms with E-state index in [4.69, 9.17) is 0 Å². The smallest absolute Gasteiger partial charge is 0.270 e. The lowest BCUT2D eigenvalue weighted by Crippen LogP contribution is -2.59. The number of hydrogen-bond acceptors (Lipinski definition) is 7. The topological polar surface area (TPSA) is 108 Å². The fourth-order valence-electron chi connectivity index (χ4n) is 3.20. The second-order valence-corrected chi connectivity index (χ2v) is 8.05. The molecule has 0 radical (unpaired) electrons. The second kappa shape index (κ2) is 5.79. The van der Waals surface area contributed by atoms with Crippen LogP contribution in [0.2, 0.25) is 0 Å². The van der Waals surface area contributed by atoms with Gasteiger partial charge in [0, 0.05) is 44.4 Å². The third-order valence-electron chi connectivity index (χ3n) is 4.39. The minimum absolute atomic E-state index is 0.0933. The molecule has 1 aromatic rings. The van der Waals surface area contributed by atoms with Gasteiger partial charge in [0.05, 0.1) is 27.7 Å². The van der Waals surface area contributed by atoms with Gasteiger partial charge in [-0.15, -0.1) is 0 Å². The van der Waals surface area contributed by atoms with E-state index in [0.29, 0.717) is 25.3 Å². The van der Waals surface area contributed by atoms with E-state index in [2.05, 4.69) is 4.90 Å². The van der Waals surface area contributed by atoms with Crippen molar-refractivity contribution in [2.45, 2.75) is 6.04 Å². The van der Waals surface area contributed by atoms with Crippen molar-refractivity contribution in [1.29, 1.82) is 5.26 Å². The Kier molecular flexibility index (Phi) is 3.95. The molecule has 8 nitrogen and oxygen atoms in total. The summed E-state index contributed by atoms with van der Waals surface area (Å²) in [5.74, 6) is 0.322. The van der Waals surface area contributed by atoms with Crippen molar-refractivity contribution in [3.05, 3.63) is 33.9 Å². The highest BCUT2D eigenvalue weighted by Gasteiger charge is 2.35. The number of nitro benzene ring substituents is 1. The van der Waals surface area contributed by atoms with E-state index in [0.717, 1.165) is 6.54 Å². The van der Waals surface area contributed by atoms with Crippen molar-refractivity contribution < 1.29 is 13.3 Å². The molecular formula is C14H16N4O4S. The summed E-state index contributed by atoms with van der Waals surface area (Å²) in [4.78, 5) is 14.4. The zero-order valence-electron chi connectivity index (χ0n) is 12.4. The van der Waals surface area contributed by atoms with Crippen LogP contribution in [-0.2, 0) is 9.84 Å². The lowest BCUT2D eigenvalue weighted by molar-refractivity contribution is -0.384. The number of nitriles is 1. The van der Waals surface area contributed by atoms with E-state index < -0.39 is 14.8 Å². The summed E-state index contributed by atoms with van der Waals surface area (Å²) in [5, 5.41) is 20.1. The lowest BCUT2D eigenvalue weighted by Gasteiger charge is -2.44. The monoisotopic (exact) mass is 336 g/mol. The predicted octanol–water partition coefficient (Wildman–Crippen LogP) is 0.385. The Hall–Kier alpha value is -2.18. The number of piperazine rings is 1. The maximum absolute atomic E-state index is 11.8. The molecule has 2 aliphatic heterocycles. The highest BCUT2D eigenvalue weighted by Crippen LogP contribution is 2.28. The van der Waals surface area contributed by atoms with Crippen LogP contribution in [0.15, 0.2) is 18.2 Å². The molecule has 1 atom stereocenters. The molecule has 3 rings (SSSR count). The van der Waals surface area contributed by atoms with Crippen molar-refractivity contribution in [3.8, 4) is 6.07 Å². The molecule has 1 aromatic carbocycles.